The molecule has 2 aromatic carbocycles. The minimum Gasteiger partial charge on any atom is -0.325 e. The molecule has 184 valence electrons. The molecule has 0 radical (unpaired) electrons. The van der Waals surface area contributed by atoms with Crippen molar-refractivity contribution in [2.45, 2.75) is 49.8 Å². The number of benzene rings is 2. The van der Waals surface area contributed by atoms with Crippen LogP contribution in [0.25, 0.3) is 0 Å². The van der Waals surface area contributed by atoms with Crippen molar-refractivity contribution in [3.05, 3.63) is 58.7 Å². The topological polar surface area (TPSA) is 90.5 Å². The highest BCUT2D eigenvalue weighted by Gasteiger charge is 2.36. The summed E-state index contributed by atoms with van der Waals surface area (Å²) in [6.07, 6.45) is 2.18. The third-order valence-electron chi connectivity index (χ3n) is 6.88. The Bertz CT molecular complexity index is 1120. The molecule has 2 fully saturated rings. The van der Waals surface area contributed by atoms with Crippen LogP contribution >= 0.6 is 0 Å². The molecule has 4 rings (SSSR count). The summed E-state index contributed by atoms with van der Waals surface area (Å²) in [5.41, 5.74) is 4.89. The van der Waals surface area contributed by atoms with E-state index in [4.69, 9.17) is 0 Å². The summed E-state index contributed by atoms with van der Waals surface area (Å²) < 4.78 is 27.0. The van der Waals surface area contributed by atoms with Gasteiger partial charge in [0.05, 0.1) is 11.4 Å². The molecule has 0 aromatic heterocycles. The Labute approximate surface area is 203 Å². The van der Waals surface area contributed by atoms with Gasteiger partial charge in [0, 0.05) is 25.3 Å². The molecule has 2 heterocycles. The van der Waals surface area contributed by atoms with E-state index < -0.39 is 15.2 Å². The van der Waals surface area contributed by atoms with Crippen LogP contribution in [0.4, 0.5) is 5.69 Å². The summed E-state index contributed by atoms with van der Waals surface area (Å²) in [6.45, 7) is 9.29. The van der Waals surface area contributed by atoms with Crippen molar-refractivity contribution in [3.63, 3.8) is 0 Å². The van der Waals surface area contributed by atoms with Crippen LogP contribution in [-0.2, 0) is 14.6 Å². The normalized spacial score (nSPS) is 20.3. The number of nitrogens with zero attached hydrogens (tertiary/aromatic N) is 1. The van der Waals surface area contributed by atoms with E-state index in [1.165, 1.54) is 5.56 Å². The van der Waals surface area contributed by atoms with E-state index in [-0.39, 0.29) is 12.5 Å². The van der Waals surface area contributed by atoms with Crippen molar-refractivity contribution in [2.24, 2.45) is 0 Å². The first-order valence-electron chi connectivity index (χ1n) is 12.1. The Hall–Kier alpha value is -2.26. The summed E-state index contributed by atoms with van der Waals surface area (Å²) in [7, 11) is -3.63. The first kappa shape index (κ1) is 24.9. The molecular formula is C26H36N4O3S. The zero-order valence-electron chi connectivity index (χ0n) is 20.4. The van der Waals surface area contributed by atoms with Gasteiger partial charge in [0.15, 0.2) is 9.84 Å². The Morgan fingerprint density at radius 1 is 1.00 bits per heavy atom. The fourth-order valence-electron chi connectivity index (χ4n) is 5.02. The van der Waals surface area contributed by atoms with Crippen LogP contribution in [0.2, 0.25) is 0 Å². The highest BCUT2D eigenvalue weighted by Crippen LogP contribution is 2.29. The second-order valence-corrected chi connectivity index (χ2v) is 11.8. The van der Waals surface area contributed by atoms with Gasteiger partial charge in [0.2, 0.25) is 5.91 Å². The van der Waals surface area contributed by atoms with Gasteiger partial charge in [0.25, 0.3) is 0 Å². The molecule has 1 atom stereocenters. The first-order valence-corrected chi connectivity index (χ1v) is 13.7. The van der Waals surface area contributed by atoms with Crippen molar-refractivity contribution < 1.29 is 13.2 Å². The van der Waals surface area contributed by atoms with E-state index in [0.717, 1.165) is 48.3 Å². The average Bonchev–Trinajstić information content (AvgIpc) is 2.80. The highest BCUT2D eigenvalue weighted by atomic mass is 32.2. The fourth-order valence-corrected chi connectivity index (χ4v) is 6.94. The molecule has 2 aliphatic heterocycles. The fraction of sp³-hybridized carbons (Fsp3) is 0.500. The maximum atomic E-state index is 13.5. The SMILES string of the molecule is Cc1cc(C)cc(S(=O)(=O)C2CNCCN2CC(=O)Nc2cc(C3CCNCC3)ccc2C)c1. The molecule has 1 unspecified atom stereocenters. The summed E-state index contributed by atoms with van der Waals surface area (Å²) in [4.78, 5) is 15.2. The van der Waals surface area contributed by atoms with Gasteiger partial charge in [-0.25, -0.2) is 8.42 Å². The molecule has 7 nitrogen and oxygen atoms in total. The smallest absolute Gasteiger partial charge is 0.238 e. The number of rotatable bonds is 6. The molecule has 2 aliphatic rings. The monoisotopic (exact) mass is 484 g/mol. The Morgan fingerprint density at radius 3 is 2.41 bits per heavy atom. The minimum absolute atomic E-state index is 0.0351. The standard InChI is InChI=1S/C26H36N4O3S/c1-18-12-19(2)14-23(13-18)34(32,33)26-16-28-10-11-30(26)17-25(31)29-24-15-22(5-4-20(24)3)21-6-8-27-9-7-21/h4-5,12-15,21,26-28H,6-11,16-17H2,1-3H3,(H,29,31). The van der Waals surface area contributed by atoms with Crippen molar-refractivity contribution in [2.75, 3.05) is 44.6 Å². The highest BCUT2D eigenvalue weighted by molar-refractivity contribution is 7.92. The van der Waals surface area contributed by atoms with Gasteiger partial charge >= 0.3 is 0 Å². The summed E-state index contributed by atoms with van der Waals surface area (Å²) in [6, 6.07) is 11.7. The van der Waals surface area contributed by atoms with Gasteiger partial charge in [0.1, 0.15) is 5.37 Å². The molecule has 2 aromatic rings. The second kappa shape index (κ2) is 10.6. The van der Waals surface area contributed by atoms with E-state index in [1.54, 1.807) is 17.0 Å². The molecule has 3 N–H and O–H groups in total. The third-order valence-corrected chi connectivity index (χ3v) is 8.95. The number of carbonyl (C=O) groups is 1. The van der Waals surface area contributed by atoms with Crippen LogP contribution < -0.4 is 16.0 Å². The zero-order chi connectivity index (χ0) is 24.3. The Kier molecular flexibility index (Phi) is 7.72. The average molecular weight is 485 g/mol. The lowest BCUT2D eigenvalue weighted by molar-refractivity contribution is -0.117. The Morgan fingerprint density at radius 2 is 1.71 bits per heavy atom. The number of piperazine rings is 1. The van der Waals surface area contributed by atoms with Crippen LogP contribution in [0.3, 0.4) is 0 Å². The van der Waals surface area contributed by atoms with Crippen molar-refractivity contribution in [3.8, 4) is 0 Å². The lowest BCUT2D eigenvalue weighted by Crippen LogP contribution is -2.56. The van der Waals surface area contributed by atoms with E-state index >= 15 is 0 Å². The molecule has 1 amide bonds. The lowest BCUT2D eigenvalue weighted by Gasteiger charge is -2.35. The van der Waals surface area contributed by atoms with Gasteiger partial charge < -0.3 is 16.0 Å². The number of hydrogen-bond donors (Lipinski definition) is 3. The number of sulfone groups is 1. The predicted molar refractivity (Wildman–Crippen MR) is 136 cm³/mol. The molecule has 0 aliphatic carbocycles. The molecular weight excluding hydrogens is 448 g/mol. The van der Waals surface area contributed by atoms with Crippen molar-refractivity contribution in [1.82, 2.24) is 15.5 Å². The number of piperidine rings is 1. The van der Waals surface area contributed by atoms with Crippen LogP contribution in [0.1, 0.15) is 41.0 Å². The maximum absolute atomic E-state index is 13.5. The van der Waals surface area contributed by atoms with Crippen LogP contribution in [0.5, 0.6) is 0 Å². The quantitative estimate of drug-likeness (QED) is 0.584. The Balaban J connectivity index is 1.49. The van der Waals surface area contributed by atoms with Gasteiger partial charge in [-0.15, -0.1) is 0 Å². The minimum atomic E-state index is -3.63. The number of hydrogen-bond acceptors (Lipinski definition) is 6. The number of carbonyl (C=O) groups excluding carboxylic acids is 1. The lowest BCUT2D eigenvalue weighted by atomic mass is 9.89. The van der Waals surface area contributed by atoms with E-state index in [2.05, 4.69) is 34.1 Å². The number of amides is 1. The van der Waals surface area contributed by atoms with Gasteiger partial charge in [-0.2, -0.15) is 0 Å². The summed E-state index contributed by atoms with van der Waals surface area (Å²) in [5.74, 6) is 0.311. The zero-order valence-corrected chi connectivity index (χ0v) is 21.2. The predicted octanol–water partition coefficient (Wildman–Crippen LogP) is 2.72. The number of anilines is 1. The van der Waals surface area contributed by atoms with Crippen LogP contribution in [0.15, 0.2) is 41.3 Å². The number of aryl methyl sites for hydroxylation is 3. The summed E-state index contributed by atoms with van der Waals surface area (Å²) in [5, 5.41) is 8.85. The van der Waals surface area contributed by atoms with E-state index in [1.807, 2.05) is 26.8 Å². The molecule has 0 spiro atoms. The van der Waals surface area contributed by atoms with Crippen LogP contribution in [-0.4, -0.2) is 63.9 Å². The molecule has 2 saturated heterocycles. The summed E-state index contributed by atoms with van der Waals surface area (Å²) >= 11 is 0. The van der Waals surface area contributed by atoms with E-state index in [9.17, 15) is 13.2 Å². The molecule has 0 bridgehead atoms. The van der Waals surface area contributed by atoms with Gasteiger partial charge in [-0.1, -0.05) is 18.2 Å². The van der Waals surface area contributed by atoms with E-state index in [0.29, 0.717) is 30.4 Å². The maximum Gasteiger partial charge on any atom is 0.238 e. The first-order chi connectivity index (χ1) is 16.2. The van der Waals surface area contributed by atoms with Crippen molar-refractivity contribution >= 4 is 21.4 Å². The van der Waals surface area contributed by atoms with Gasteiger partial charge in [-0.3, -0.25) is 9.69 Å². The van der Waals surface area contributed by atoms with Crippen LogP contribution in [0, 0.1) is 20.8 Å². The van der Waals surface area contributed by atoms with Gasteiger partial charge in [-0.05, 0) is 93.1 Å². The second-order valence-electron chi connectivity index (χ2n) is 9.64. The number of nitrogens with one attached hydrogen (secondary N) is 3. The van der Waals surface area contributed by atoms with Crippen molar-refractivity contribution in [1.29, 1.82) is 0 Å². The molecule has 8 heteroatoms. The third kappa shape index (κ3) is 5.68. The molecule has 0 saturated carbocycles. The largest absolute Gasteiger partial charge is 0.325 e. The molecule has 34 heavy (non-hydrogen) atoms.